The van der Waals surface area contributed by atoms with Crippen LogP contribution in [0.2, 0.25) is 0 Å². The Bertz CT molecular complexity index is 952. The maximum absolute atomic E-state index is 13.7. The van der Waals surface area contributed by atoms with E-state index in [9.17, 15) is 9.59 Å². The first-order chi connectivity index (χ1) is 15.2. The largest absolute Gasteiger partial charge is 0.370 e. The van der Waals surface area contributed by atoms with Gasteiger partial charge in [0.25, 0.3) is 0 Å². The van der Waals surface area contributed by atoms with Crippen LogP contribution in [0.5, 0.6) is 0 Å². The standard InChI is InChI=1S/C25H28N4O2/c26-19-20-10-12-22(13-11-20)27-14-6-15-28(18-17-27)25(31)24(21-7-2-1-3-8-21)29-16-5-4-9-23(29)30/h1-3,7-8,10-13,24H,4-6,9,14-18H2. The van der Waals surface area contributed by atoms with Gasteiger partial charge in [-0.25, -0.2) is 0 Å². The van der Waals surface area contributed by atoms with Crippen molar-refractivity contribution in [1.29, 1.82) is 5.26 Å². The predicted molar refractivity (Wildman–Crippen MR) is 119 cm³/mol. The van der Waals surface area contributed by atoms with Gasteiger partial charge in [0.05, 0.1) is 11.6 Å². The van der Waals surface area contributed by atoms with Gasteiger partial charge in [-0.3, -0.25) is 9.59 Å². The lowest BCUT2D eigenvalue weighted by Crippen LogP contribution is -2.48. The summed E-state index contributed by atoms with van der Waals surface area (Å²) in [5.74, 6) is 0.0885. The molecular formula is C25H28N4O2. The fourth-order valence-electron chi connectivity index (χ4n) is 4.51. The van der Waals surface area contributed by atoms with Crippen molar-refractivity contribution in [2.75, 3.05) is 37.6 Å². The summed E-state index contributed by atoms with van der Waals surface area (Å²) in [6, 6.07) is 18.9. The molecule has 0 bridgehead atoms. The minimum atomic E-state index is -0.546. The zero-order valence-corrected chi connectivity index (χ0v) is 17.7. The van der Waals surface area contributed by atoms with Crippen molar-refractivity contribution in [3.63, 3.8) is 0 Å². The van der Waals surface area contributed by atoms with Crippen molar-refractivity contribution < 1.29 is 9.59 Å². The van der Waals surface area contributed by atoms with Crippen molar-refractivity contribution in [2.24, 2.45) is 0 Å². The van der Waals surface area contributed by atoms with E-state index in [1.165, 1.54) is 0 Å². The zero-order chi connectivity index (χ0) is 21.6. The number of carbonyl (C=O) groups is 2. The lowest BCUT2D eigenvalue weighted by atomic mass is 10.00. The minimum absolute atomic E-state index is 0.0168. The molecular weight excluding hydrogens is 388 g/mol. The molecule has 6 heteroatoms. The van der Waals surface area contributed by atoms with Gasteiger partial charge in [-0.05, 0) is 49.1 Å². The van der Waals surface area contributed by atoms with Crippen molar-refractivity contribution in [2.45, 2.75) is 31.7 Å². The molecule has 4 rings (SSSR count). The van der Waals surface area contributed by atoms with E-state index in [2.05, 4.69) is 11.0 Å². The Morgan fingerprint density at radius 3 is 2.35 bits per heavy atom. The molecule has 2 aliphatic heterocycles. The van der Waals surface area contributed by atoms with Crippen LogP contribution in [0.1, 0.15) is 42.9 Å². The second kappa shape index (κ2) is 9.65. The number of hydrogen-bond acceptors (Lipinski definition) is 4. The van der Waals surface area contributed by atoms with Crippen LogP contribution in [0.4, 0.5) is 5.69 Å². The summed E-state index contributed by atoms with van der Waals surface area (Å²) in [5.41, 5.74) is 2.60. The Kier molecular flexibility index (Phi) is 6.51. The van der Waals surface area contributed by atoms with E-state index in [0.29, 0.717) is 31.6 Å². The Morgan fingerprint density at radius 1 is 0.871 bits per heavy atom. The summed E-state index contributed by atoms with van der Waals surface area (Å²) in [6.45, 7) is 3.51. The van der Waals surface area contributed by atoms with Crippen molar-refractivity contribution >= 4 is 17.5 Å². The van der Waals surface area contributed by atoms with Crippen LogP contribution in [0.25, 0.3) is 0 Å². The van der Waals surface area contributed by atoms with Crippen molar-refractivity contribution in [3.05, 3.63) is 65.7 Å². The number of rotatable bonds is 4. The molecule has 0 aromatic heterocycles. The van der Waals surface area contributed by atoms with Crippen LogP contribution < -0.4 is 4.90 Å². The first-order valence-corrected chi connectivity index (χ1v) is 11.1. The maximum atomic E-state index is 13.7. The van der Waals surface area contributed by atoms with Crippen LogP contribution in [-0.2, 0) is 9.59 Å². The zero-order valence-electron chi connectivity index (χ0n) is 17.7. The molecule has 0 aliphatic carbocycles. The lowest BCUT2D eigenvalue weighted by Gasteiger charge is -2.37. The average molecular weight is 417 g/mol. The van der Waals surface area contributed by atoms with Gasteiger partial charge in [-0.15, -0.1) is 0 Å². The van der Waals surface area contributed by atoms with Gasteiger partial charge in [0, 0.05) is 44.8 Å². The third kappa shape index (κ3) is 4.72. The second-order valence-corrected chi connectivity index (χ2v) is 8.18. The van der Waals surface area contributed by atoms with Gasteiger partial charge in [0.1, 0.15) is 6.04 Å². The molecule has 0 saturated carbocycles. The van der Waals surface area contributed by atoms with Crippen molar-refractivity contribution in [3.8, 4) is 6.07 Å². The summed E-state index contributed by atoms with van der Waals surface area (Å²) in [5, 5.41) is 9.02. The fraction of sp³-hybridized carbons (Fsp3) is 0.400. The molecule has 2 aromatic rings. The molecule has 2 heterocycles. The highest BCUT2D eigenvalue weighted by Gasteiger charge is 2.35. The van der Waals surface area contributed by atoms with Crippen molar-refractivity contribution in [1.82, 2.24) is 9.80 Å². The Labute approximate surface area is 183 Å². The predicted octanol–water partition coefficient (Wildman–Crippen LogP) is 3.35. The first-order valence-electron chi connectivity index (χ1n) is 11.1. The number of hydrogen-bond donors (Lipinski definition) is 0. The molecule has 6 nitrogen and oxygen atoms in total. The van der Waals surface area contributed by atoms with E-state index in [1.54, 1.807) is 4.90 Å². The smallest absolute Gasteiger partial charge is 0.250 e. The van der Waals surface area contributed by atoms with Crippen LogP contribution in [0, 0.1) is 11.3 Å². The molecule has 0 spiro atoms. The van der Waals surface area contributed by atoms with Gasteiger partial charge in [0.2, 0.25) is 11.8 Å². The summed E-state index contributed by atoms with van der Waals surface area (Å²) in [7, 11) is 0. The van der Waals surface area contributed by atoms with Crippen LogP contribution in [0.3, 0.4) is 0 Å². The van der Waals surface area contributed by atoms with Gasteiger partial charge in [0.15, 0.2) is 0 Å². The van der Waals surface area contributed by atoms with Gasteiger partial charge < -0.3 is 14.7 Å². The number of nitriles is 1. The van der Waals surface area contributed by atoms with E-state index < -0.39 is 6.04 Å². The third-order valence-electron chi connectivity index (χ3n) is 6.19. The molecule has 0 radical (unpaired) electrons. The molecule has 160 valence electrons. The number of nitrogens with zero attached hydrogens (tertiary/aromatic N) is 4. The first kappa shape index (κ1) is 20.9. The van der Waals surface area contributed by atoms with Crippen LogP contribution >= 0.6 is 0 Å². The SMILES string of the molecule is N#Cc1ccc(N2CCCN(C(=O)C(c3ccccc3)N3CCCCC3=O)CC2)cc1. The third-order valence-corrected chi connectivity index (χ3v) is 6.19. The summed E-state index contributed by atoms with van der Waals surface area (Å²) in [4.78, 5) is 32.3. The molecule has 2 amide bonds. The number of amides is 2. The van der Waals surface area contributed by atoms with E-state index in [4.69, 9.17) is 5.26 Å². The number of carbonyl (C=O) groups excluding carboxylic acids is 2. The number of likely N-dealkylation sites (tertiary alicyclic amines) is 1. The van der Waals surface area contributed by atoms with E-state index in [-0.39, 0.29) is 11.8 Å². The van der Waals surface area contributed by atoms with Crippen LogP contribution in [0.15, 0.2) is 54.6 Å². The van der Waals surface area contributed by atoms with E-state index in [0.717, 1.165) is 43.6 Å². The molecule has 2 saturated heterocycles. The Morgan fingerprint density at radius 2 is 1.65 bits per heavy atom. The summed E-state index contributed by atoms with van der Waals surface area (Å²) < 4.78 is 0. The van der Waals surface area contributed by atoms with Gasteiger partial charge in [-0.2, -0.15) is 5.26 Å². The number of benzene rings is 2. The maximum Gasteiger partial charge on any atom is 0.250 e. The highest BCUT2D eigenvalue weighted by molar-refractivity contribution is 5.89. The van der Waals surface area contributed by atoms with E-state index in [1.807, 2.05) is 59.5 Å². The average Bonchev–Trinajstić information content (AvgIpc) is 3.08. The quantitative estimate of drug-likeness (QED) is 0.767. The molecule has 2 aliphatic rings. The second-order valence-electron chi connectivity index (χ2n) is 8.18. The topological polar surface area (TPSA) is 67.7 Å². The number of anilines is 1. The van der Waals surface area contributed by atoms with Gasteiger partial charge >= 0.3 is 0 Å². The normalized spacial score (nSPS) is 18.3. The fourth-order valence-corrected chi connectivity index (χ4v) is 4.51. The molecule has 2 aromatic carbocycles. The molecule has 1 unspecified atom stereocenters. The molecule has 2 fully saturated rings. The highest BCUT2D eigenvalue weighted by atomic mass is 16.2. The number of piperidine rings is 1. The monoisotopic (exact) mass is 416 g/mol. The summed E-state index contributed by atoms with van der Waals surface area (Å²) >= 11 is 0. The lowest BCUT2D eigenvalue weighted by molar-refractivity contribution is -0.147. The van der Waals surface area contributed by atoms with E-state index >= 15 is 0 Å². The molecule has 0 N–H and O–H groups in total. The minimum Gasteiger partial charge on any atom is -0.370 e. The Balaban J connectivity index is 1.51. The summed E-state index contributed by atoms with van der Waals surface area (Å²) in [6.07, 6.45) is 3.22. The Hall–Kier alpha value is -3.33. The molecule has 1 atom stereocenters. The van der Waals surface area contributed by atoms with Crippen LogP contribution in [-0.4, -0.2) is 54.3 Å². The highest BCUT2D eigenvalue weighted by Crippen LogP contribution is 2.28. The molecule has 31 heavy (non-hydrogen) atoms. The van der Waals surface area contributed by atoms with Gasteiger partial charge in [-0.1, -0.05) is 30.3 Å².